The van der Waals surface area contributed by atoms with Crippen molar-refractivity contribution in [2.75, 3.05) is 6.61 Å². The molecule has 0 aliphatic heterocycles. The van der Waals surface area contributed by atoms with Gasteiger partial charge in [-0.2, -0.15) is 4.39 Å². The minimum absolute atomic E-state index is 0.0338. The molecule has 1 nitrogen and oxygen atoms in total. The van der Waals surface area contributed by atoms with Crippen LogP contribution in [0.2, 0.25) is 0 Å². The quantitative estimate of drug-likeness (QED) is 0.609. The summed E-state index contributed by atoms with van der Waals surface area (Å²) < 4.78 is 33.3. The first-order valence-corrected chi connectivity index (χ1v) is 8.75. The van der Waals surface area contributed by atoms with Gasteiger partial charge in [0.25, 0.3) is 0 Å². The fraction of sp³-hybridized carbons (Fsp3) is 0.684. The summed E-state index contributed by atoms with van der Waals surface area (Å²) in [5.74, 6) is 0.0183. The summed E-state index contributed by atoms with van der Waals surface area (Å²) in [5, 5.41) is 0. The van der Waals surface area contributed by atoms with Crippen LogP contribution in [0.5, 0.6) is 5.75 Å². The predicted molar refractivity (Wildman–Crippen MR) is 86.2 cm³/mol. The van der Waals surface area contributed by atoms with Crippen LogP contribution in [0.1, 0.15) is 64.4 Å². The van der Waals surface area contributed by atoms with Crippen molar-refractivity contribution in [3.8, 4) is 5.75 Å². The van der Waals surface area contributed by atoms with E-state index in [0.717, 1.165) is 18.8 Å². The first kappa shape index (κ1) is 17.2. The monoisotopic (exact) mass is 310 g/mol. The van der Waals surface area contributed by atoms with Gasteiger partial charge >= 0.3 is 0 Å². The Morgan fingerprint density at radius 1 is 1.00 bits per heavy atom. The molecule has 1 aliphatic carbocycles. The standard InChI is InChI=1S/C19H28F2O/c1-3-13-22-17-12-11-16(18(20)19(17)21)10-9-15-7-5-14(4-2)6-8-15/h11-12,14-15H,3-10,13H2,1-2H3. The molecule has 124 valence electrons. The van der Waals surface area contributed by atoms with Crippen molar-refractivity contribution in [1.29, 1.82) is 0 Å². The summed E-state index contributed by atoms with van der Waals surface area (Å²) in [4.78, 5) is 0. The molecule has 1 fully saturated rings. The van der Waals surface area contributed by atoms with Gasteiger partial charge in [-0.05, 0) is 42.7 Å². The van der Waals surface area contributed by atoms with Crippen LogP contribution in [-0.2, 0) is 6.42 Å². The molecule has 1 aromatic rings. The number of halogens is 2. The Morgan fingerprint density at radius 3 is 2.32 bits per heavy atom. The van der Waals surface area contributed by atoms with Crippen LogP contribution >= 0.6 is 0 Å². The minimum Gasteiger partial charge on any atom is -0.490 e. The molecule has 22 heavy (non-hydrogen) atoms. The average molecular weight is 310 g/mol. The van der Waals surface area contributed by atoms with E-state index in [1.165, 1.54) is 32.1 Å². The number of ether oxygens (including phenoxy) is 1. The van der Waals surface area contributed by atoms with Crippen LogP contribution in [0.4, 0.5) is 8.78 Å². The van der Waals surface area contributed by atoms with Gasteiger partial charge in [-0.1, -0.05) is 52.0 Å². The van der Waals surface area contributed by atoms with E-state index in [9.17, 15) is 8.78 Å². The number of aryl methyl sites for hydroxylation is 1. The van der Waals surface area contributed by atoms with Crippen LogP contribution in [0.25, 0.3) is 0 Å². The van der Waals surface area contributed by atoms with E-state index in [0.29, 0.717) is 24.5 Å². The first-order chi connectivity index (χ1) is 10.7. The zero-order valence-corrected chi connectivity index (χ0v) is 13.8. The molecule has 1 saturated carbocycles. The van der Waals surface area contributed by atoms with E-state index in [1.54, 1.807) is 12.1 Å². The topological polar surface area (TPSA) is 9.23 Å². The lowest BCUT2D eigenvalue weighted by molar-refractivity contribution is 0.257. The summed E-state index contributed by atoms with van der Waals surface area (Å²) in [6.07, 6.45) is 8.69. The fourth-order valence-electron chi connectivity index (χ4n) is 3.38. The van der Waals surface area contributed by atoms with Crippen LogP contribution in [0, 0.1) is 23.5 Å². The van der Waals surface area contributed by atoms with E-state index in [4.69, 9.17) is 4.74 Å². The van der Waals surface area contributed by atoms with Gasteiger partial charge < -0.3 is 4.74 Å². The number of hydrogen-bond donors (Lipinski definition) is 0. The molecule has 0 atom stereocenters. The van der Waals surface area contributed by atoms with E-state index in [-0.39, 0.29) is 5.75 Å². The highest BCUT2D eigenvalue weighted by Gasteiger charge is 2.21. The Kier molecular flexibility index (Phi) is 6.66. The summed E-state index contributed by atoms with van der Waals surface area (Å²) in [5.41, 5.74) is 0.485. The molecule has 0 amide bonds. The third-order valence-corrected chi connectivity index (χ3v) is 4.95. The summed E-state index contributed by atoms with van der Waals surface area (Å²) >= 11 is 0. The van der Waals surface area contributed by atoms with Gasteiger partial charge in [0.2, 0.25) is 5.82 Å². The molecular weight excluding hydrogens is 282 g/mol. The maximum Gasteiger partial charge on any atom is 0.200 e. The first-order valence-electron chi connectivity index (χ1n) is 8.75. The average Bonchev–Trinajstić information content (AvgIpc) is 2.56. The van der Waals surface area contributed by atoms with E-state index in [2.05, 4.69) is 6.92 Å². The number of hydrogen-bond acceptors (Lipinski definition) is 1. The maximum absolute atomic E-state index is 14.1. The lowest BCUT2D eigenvalue weighted by Gasteiger charge is -2.27. The van der Waals surface area contributed by atoms with Gasteiger partial charge in [-0.25, -0.2) is 4.39 Å². The van der Waals surface area contributed by atoms with E-state index >= 15 is 0 Å². The van der Waals surface area contributed by atoms with Crippen molar-refractivity contribution in [1.82, 2.24) is 0 Å². The maximum atomic E-state index is 14.1. The van der Waals surface area contributed by atoms with Crippen LogP contribution in [-0.4, -0.2) is 6.61 Å². The van der Waals surface area contributed by atoms with Gasteiger partial charge in [0.1, 0.15) is 0 Å². The highest BCUT2D eigenvalue weighted by molar-refractivity contribution is 5.31. The molecule has 0 N–H and O–H groups in total. The highest BCUT2D eigenvalue weighted by Crippen LogP contribution is 2.33. The predicted octanol–water partition coefficient (Wildman–Crippen LogP) is 5.90. The molecule has 0 spiro atoms. The SMILES string of the molecule is CCCOc1ccc(CCC2CCC(CC)CC2)c(F)c1F. The summed E-state index contributed by atoms with van der Waals surface area (Å²) in [7, 11) is 0. The van der Waals surface area contributed by atoms with Crippen LogP contribution < -0.4 is 4.74 Å². The highest BCUT2D eigenvalue weighted by atomic mass is 19.2. The normalized spacial score (nSPS) is 21.8. The smallest absolute Gasteiger partial charge is 0.200 e. The summed E-state index contributed by atoms with van der Waals surface area (Å²) in [6.45, 7) is 4.61. The Hall–Kier alpha value is -1.12. The second kappa shape index (κ2) is 8.50. The molecule has 0 unspecified atom stereocenters. The number of benzene rings is 1. The van der Waals surface area contributed by atoms with Crippen molar-refractivity contribution in [2.45, 2.75) is 65.2 Å². The van der Waals surface area contributed by atoms with Gasteiger partial charge in [0.05, 0.1) is 6.61 Å². The molecule has 1 aromatic carbocycles. The molecule has 0 radical (unpaired) electrons. The van der Waals surface area contributed by atoms with E-state index < -0.39 is 11.6 Å². The number of rotatable bonds is 7. The van der Waals surface area contributed by atoms with Crippen LogP contribution in [0.3, 0.4) is 0 Å². The summed E-state index contributed by atoms with van der Waals surface area (Å²) in [6, 6.07) is 3.25. The third-order valence-electron chi connectivity index (χ3n) is 4.95. The van der Waals surface area contributed by atoms with Crippen molar-refractivity contribution in [3.05, 3.63) is 29.3 Å². The Morgan fingerprint density at radius 2 is 1.68 bits per heavy atom. The van der Waals surface area contributed by atoms with Crippen molar-refractivity contribution in [2.24, 2.45) is 11.8 Å². The van der Waals surface area contributed by atoms with Gasteiger partial charge in [-0.3, -0.25) is 0 Å². The van der Waals surface area contributed by atoms with Gasteiger partial charge in [0.15, 0.2) is 11.6 Å². The Labute approximate surface area is 133 Å². The molecule has 0 aromatic heterocycles. The lowest BCUT2D eigenvalue weighted by atomic mass is 9.78. The Bertz CT molecular complexity index is 465. The molecule has 2 rings (SSSR count). The molecule has 0 saturated heterocycles. The van der Waals surface area contributed by atoms with Crippen molar-refractivity contribution < 1.29 is 13.5 Å². The van der Waals surface area contributed by atoms with Crippen molar-refractivity contribution >= 4 is 0 Å². The van der Waals surface area contributed by atoms with Gasteiger partial charge in [0, 0.05) is 0 Å². The van der Waals surface area contributed by atoms with Crippen molar-refractivity contribution in [3.63, 3.8) is 0 Å². The van der Waals surface area contributed by atoms with Gasteiger partial charge in [-0.15, -0.1) is 0 Å². The largest absolute Gasteiger partial charge is 0.490 e. The van der Waals surface area contributed by atoms with E-state index in [1.807, 2.05) is 6.92 Å². The fourth-order valence-corrected chi connectivity index (χ4v) is 3.38. The molecular formula is C19H28F2O. The second-order valence-electron chi connectivity index (χ2n) is 6.53. The minimum atomic E-state index is -0.833. The second-order valence-corrected chi connectivity index (χ2v) is 6.53. The zero-order chi connectivity index (χ0) is 15.9. The Balaban J connectivity index is 1.89. The molecule has 0 bridgehead atoms. The molecule has 0 heterocycles. The molecule has 1 aliphatic rings. The zero-order valence-electron chi connectivity index (χ0n) is 13.8. The lowest BCUT2D eigenvalue weighted by Crippen LogP contribution is -2.14. The third kappa shape index (κ3) is 4.44. The molecule has 3 heteroatoms. The van der Waals surface area contributed by atoms with Crippen LogP contribution in [0.15, 0.2) is 12.1 Å².